The largest absolute Gasteiger partial charge is 0.384 e. The van der Waals surface area contributed by atoms with Gasteiger partial charge in [-0.1, -0.05) is 31.2 Å². The van der Waals surface area contributed by atoms with Crippen molar-refractivity contribution in [3.05, 3.63) is 59.7 Å². The fourth-order valence-electron chi connectivity index (χ4n) is 3.64. The molecule has 0 spiro atoms. The molecule has 0 aliphatic rings. The monoisotopic (exact) mass is 417 g/mol. The molecular weight excluding hydrogens is 390 g/mol. The van der Waals surface area contributed by atoms with E-state index >= 15 is 0 Å². The Labute approximate surface area is 181 Å². The number of rotatable bonds is 8. The summed E-state index contributed by atoms with van der Waals surface area (Å²) in [6.45, 7) is 5.82. The summed E-state index contributed by atoms with van der Waals surface area (Å²) in [5.74, 6) is 0.0735. The van der Waals surface area contributed by atoms with Gasteiger partial charge in [-0.2, -0.15) is 0 Å². The molecule has 7 heteroatoms. The van der Waals surface area contributed by atoms with Crippen LogP contribution in [0.2, 0.25) is 0 Å². The van der Waals surface area contributed by atoms with Gasteiger partial charge < -0.3 is 15.8 Å². The Hall–Kier alpha value is -3.45. The van der Waals surface area contributed by atoms with Crippen molar-refractivity contribution in [2.45, 2.75) is 26.7 Å². The number of nitrogen functional groups attached to an aromatic ring is 1. The van der Waals surface area contributed by atoms with E-state index in [1.54, 1.807) is 0 Å². The zero-order chi connectivity index (χ0) is 21.8. The lowest BCUT2D eigenvalue weighted by atomic mass is 10.1. The number of amides is 1. The fraction of sp³-hybridized carbons (Fsp3) is 0.292. The van der Waals surface area contributed by atoms with Crippen LogP contribution in [0.5, 0.6) is 0 Å². The summed E-state index contributed by atoms with van der Waals surface area (Å²) in [5, 5.41) is 2.94. The Bertz CT molecular complexity index is 1210. The molecule has 1 amide bonds. The third-order valence-corrected chi connectivity index (χ3v) is 5.28. The van der Waals surface area contributed by atoms with Crippen molar-refractivity contribution in [2.24, 2.45) is 0 Å². The van der Waals surface area contributed by atoms with Crippen LogP contribution < -0.4 is 11.1 Å². The Balaban J connectivity index is 1.81. The molecule has 0 bridgehead atoms. The van der Waals surface area contributed by atoms with Gasteiger partial charge >= 0.3 is 0 Å². The molecule has 0 aliphatic heterocycles. The molecule has 31 heavy (non-hydrogen) atoms. The van der Waals surface area contributed by atoms with Crippen LogP contribution in [-0.4, -0.2) is 40.2 Å². The van der Waals surface area contributed by atoms with Gasteiger partial charge in [0.15, 0.2) is 5.65 Å². The fourth-order valence-corrected chi connectivity index (χ4v) is 3.64. The maximum Gasteiger partial charge on any atom is 0.257 e. The molecule has 0 atom stereocenters. The minimum atomic E-state index is -0.257. The number of nitrogens with one attached hydrogen (secondary N) is 1. The normalized spacial score (nSPS) is 11.3. The lowest BCUT2D eigenvalue weighted by molar-refractivity contribution is 0.0946. The summed E-state index contributed by atoms with van der Waals surface area (Å²) in [4.78, 5) is 22.6. The number of para-hydroxylation sites is 2. The van der Waals surface area contributed by atoms with E-state index in [1.807, 2.05) is 47.9 Å². The van der Waals surface area contributed by atoms with E-state index in [4.69, 9.17) is 20.4 Å². The summed E-state index contributed by atoms with van der Waals surface area (Å²) >= 11 is 0. The van der Waals surface area contributed by atoms with E-state index in [0.717, 1.165) is 29.6 Å². The number of aryl methyl sites for hydroxylation is 1. The van der Waals surface area contributed by atoms with Crippen molar-refractivity contribution >= 4 is 33.9 Å². The zero-order valence-corrected chi connectivity index (χ0v) is 17.9. The standard InChI is InChI=1S/C24H27N5O2/c1-3-16-10-12-17(13-11-16)29-22(25)20(24(30)26-14-7-15-31-4-2)21-23(29)28-19-9-6-5-8-18(19)27-21/h5-6,8-13H,3-4,7,14-15,25H2,1-2H3,(H,26,30). The van der Waals surface area contributed by atoms with Crippen LogP contribution in [0.3, 0.4) is 0 Å². The van der Waals surface area contributed by atoms with Crippen LogP contribution in [0.25, 0.3) is 27.9 Å². The first-order valence-electron chi connectivity index (χ1n) is 10.7. The Kier molecular flexibility index (Phi) is 6.13. The molecule has 7 nitrogen and oxygen atoms in total. The Morgan fingerprint density at radius 1 is 1.06 bits per heavy atom. The number of nitrogens with zero attached hydrogens (tertiary/aromatic N) is 3. The molecule has 0 fully saturated rings. The lowest BCUT2D eigenvalue weighted by Gasteiger charge is -2.09. The molecule has 0 unspecified atom stereocenters. The minimum Gasteiger partial charge on any atom is -0.384 e. The summed E-state index contributed by atoms with van der Waals surface area (Å²) in [7, 11) is 0. The second-order valence-corrected chi connectivity index (χ2v) is 7.31. The first-order chi connectivity index (χ1) is 15.1. The Morgan fingerprint density at radius 2 is 1.77 bits per heavy atom. The van der Waals surface area contributed by atoms with E-state index in [9.17, 15) is 4.79 Å². The number of ether oxygens (including phenoxy) is 1. The highest BCUT2D eigenvalue weighted by Gasteiger charge is 2.24. The molecule has 2 heterocycles. The van der Waals surface area contributed by atoms with E-state index < -0.39 is 0 Å². The number of anilines is 1. The topological polar surface area (TPSA) is 95.1 Å². The number of aromatic nitrogens is 3. The molecule has 160 valence electrons. The average Bonchev–Trinajstić information content (AvgIpc) is 3.08. The highest BCUT2D eigenvalue weighted by Crippen LogP contribution is 2.31. The van der Waals surface area contributed by atoms with Gasteiger partial charge in [0.2, 0.25) is 0 Å². The van der Waals surface area contributed by atoms with E-state index in [0.29, 0.717) is 42.3 Å². The minimum absolute atomic E-state index is 0.257. The first-order valence-corrected chi connectivity index (χ1v) is 10.7. The van der Waals surface area contributed by atoms with Crippen molar-refractivity contribution in [3.63, 3.8) is 0 Å². The summed E-state index contributed by atoms with van der Waals surface area (Å²) in [5.41, 5.74) is 11.5. The number of carbonyl (C=O) groups is 1. The van der Waals surface area contributed by atoms with E-state index in [-0.39, 0.29) is 5.91 Å². The van der Waals surface area contributed by atoms with Crippen molar-refractivity contribution in [1.29, 1.82) is 0 Å². The molecule has 4 rings (SSSR count). The van der Waals surface area contributed by atoms with Crippen molar-refractivity contribution in [2.75, 3.05) is 25.5 Å². The van der Waals surface area contributed by atoms with Crippen LogP contribution in [0.15, 0.2) is 48.5 Å². The predicted octanol–water partition coefficient (Wildman–Crippen LogP) is 3.87. The number of fused-ring (bicyclic) bond motifs is 2. The van der Waals surface area contributed by atoms with Gasteiger partial charge in [0.25, 0.3) is 5.91 Å². The molecular formula is C24H27N5O2. The second-order valence-electron chi connectivity index (χ2n) is 7.31. The highest BCUT2D eigenvalue weighted by atomic mass is 16.5. The highest BCUT2D eigenvalue weighted by molar-refractivity contribution is 6.11. The third kappa shape index (κ3) is 4.09. The van der Waals surface area contributed by atoms with Crippen LogP contribution in [0.4, 0.5) is 5.82 Å². The van der Waals surface area contributed by atoms with Crippen LogP contribution >= 0.6 is 0 Å². The molecule has 4 aromatic rings. The average molecular weight is 418 g/mol. The van der Waals surface area contributed by atoms with Crippen LogP contribution in [0.1, 0.15) is 36.2 Å². The van der Waals surface area contributed by atoms with Crippen LogP contribution in [0, 0.1) is 0 Å². The van der Waals surface area contributed by atoms with Gasteiger partial charge in [0.1, 0.15) is 16.9 Å². The summed E-state index contributed by atoms with van der Waals surface area (Å²) in [6, 6.07) is 15.7. The van der Waals surface area contributed by atoms with Gasteiger partial charge in [-0.15, -0.1) is 0 Å². The lowest BCUT2D eigenvalue weighted by Crippen LogP contribution is -2.26. The maximum atomic E-state index is 13.1. The van der Waals surface area contributed by atoms with Gasteiger partial charge in [-0.05, 0) is 49.6 Å². The number of nitrogens with two attached hydrogens (primary N) is 1. The quantitative estimate of drug-likeness (QED) is 0.424. The smallest absolute Gasteiger partial charge is 0.257 e. The second kappa shape index (κ2) is 9.14. The summed E-state index contributed by atoms with van der Waals surface area (Å²) < 4.78 is 7.15. The predicted molar refractivity (Wildman–Crippen MR) is 124 cm³/mol. The van der Waals surface area contributed by atoms with E-state index in [1.165, 1.54) is 5.56 Å². The van der Waals surface area contributed by atoms with Crippen LogP contribution in [-0.2, 0) is 11.2 Å². The molecule has 0 saturated heterocycles. The molecule has 0 aliphatic carbocycles. The Morgan fingerprint density at radius 3 is 2.45 bits per heavy atom. The number of hydrogen-bond donors (Lipinski definition) is 2. The van der Waals surface area contributed by atoms with Gasteiger partial charge in [0, 0.05) is 25.4 Å². The van der Waals surface area contributed by atoms with Crippen molar-refractivity contribution in [1.82, 2.24) is 19.9 Å². The SMILES string of the molecule is CCOCCCNC(=O)c1c(N)n(-c2ccc(CC)cc2)c2nc3ccccc3nc12. The molecule has 0 saturated carbocycles. The number of carbonyl (C=O) groups excluding carboxylic acids is 1. The summed E-state index contributed by atoms with van der Waals surface area (Å²) in [6.07, 6.45) is 1.67. The third-order valence-electron chi connectivity index (χ3n) is 5.28. The molecule has 0 radical (unpaired) electrons. The van der Waals surface area contributed by atoms with Gasteiger partial charge in [0.05, 0.1) is 11.0 Å². The van der Waals surface area contributed by atoms with Crippen molar-refractivity contribution < 1.29 is 9.53 Å². The zero-order valence-electron chi connectivity index (χ0n) is 17.9. The number of benzene rings is 2. The van der Waals surface area contributed by atoms with Gasteiger partial charge in [-0.3, -0.25) is 9.36 Å². The first kappa shape index (κ1) is 20.8. The molecule has 2 aromatic carbocycles. The number of hydrogen-bond acceptors (Lipinski definition) is 5. The van der Waals surface area contributed by atoms with Gasteiger partial charge in [-0.25, -0.2) is 9.97 Å². The van der Waals surface area contributed by atoms with E-state index in [2.05, 4.69) is 24.4 Å². The molecule has 2 aromatic heterocycles. The maximum absolute atomic E-state index is 13.1. The van der Waals surface area contributed by atoms with Crippen molar-refractivity contribution in [3.8, 4) is 5.69 Å². The molecule has 3 N–H and O–H groups in total.